The molecule has 0 saturated heterocycles. The molecular weight excluding hydrogens is 220 g/mol. The molecule has 17 heavy (non-hydrogen) atoms. The first-order valence-electron chi connectivity index (χ1n) is 5.43. The maximum Gasteiger partial charge on any atom is 0.256 e. The Morgan fingerprint density at radius 2 is 1.18 bits per heavy atom. The lowest BCUT2D eigenvalue weighted by molar-refractivity contribution is 0.158. The molecule has 2 aromatic carbocycles. The fraction of sp³-hybridized carbons (Fsp3) is 0.143. The number of halogens is 2. The summed E-state index contributed by atoms with van der Waals surface area (Å²) in [5.41, 5.74) is 1.55. The van der Waals surface area contributed by atoms with Crippen LogP contribution in [0.15, 0.2) is 60.7 Å². The zero-order valence-electron chi connectivity index (χ0n) is 9.26. The Morgan fingerprint density at radius 3 is 1.53 bits per heavy atom. The zero-order valence-corrected chi connectivity index (χ0v) is 9.26. The summed E-state index contributed by atoms with van der Waals surface area (Å²) in [5.74, 6) is 0. The van der Waals surface area contributed by atoms with E-state index in [0.29, 0.717) is 0 Å². The third kappa shape index (κ3) is 3.03. The van der Waals surface area contributed by atoms with Crippen molar-refractivity contribution in [1.29, 1.82) is 0 Å². The highest BCUT2D eigenvalue weighted by atomic mass is 19.3. The van der Waals surface area contributed by atoms with E-state index in [0.717, 1.165) is 11.4 Å². The molecule has 0 amide bonds. The van der Waals surface area contributed by atoms with Crippen molar-refractivity contribution in [2.45, 2.75) is 6.43 Å². The van der Waals surface area contributed by atoms with Gasteiger partial charge in [-0.15, -0.1) is 0 Å². The fourth-order valence-electron chi connectivity index (χ4n) is 1.71. The zero-order chi connectivity index (χ0) is 12.1. The van der Waals surface area contributed by atoms with E-state index in [1.807, 2.05) is 60.7 Å². The second-order valence-corrected chi connectivity index (χ2v) is 3.67. The van der Waals surface area contributed by atoms with Crippen molar-refractivity contribution in [3.63, 3.8) is 0 Å². The Kier molecular flexibility index (Phi) is 3.70. The lowest BCUT2D eigenvalue weighted by Gasteiger charge is -2.24. The van der Waals surface area contributed by atoms with Gasteiger partial charge in [0.1, 0.15) is 0 Å². The summed E-state index contributed by atoms with van der Waals surface area (Å²) in [6.45, 7) is -0.298. The lowest BCUT2D eigenvalue weighted by Crippen LogP contribution is -2.23. The summed E-state index contributed by atoms with van der Waals surface area (Å²) in [6, 6.07) is 18.4. The predicted octanol–water partition coefficient (Wildman–Crippen LogP) is 4.09. The Bertz CT molecular complexity index is 403. The number of para-hydroxylation sites is 2. The molecule has 0 spiro atoms. The third-order valence-corrected chi connectivity index (χ3v) is 2.46. The first kappa shape index (κ1) is 11.6. The maximum atomic E-state index is 12.6. The van der Waals surface area contributed by atoms with Crippen molar-refractivity contribution >= 4 is 11.4 Å². The number of anilines is 2. The van der Waals surface area contributed by atoms with Crippen molar-refractivity contribution in [2.75, 3.05) is 11.4 Å². The molecule has 1 nitrogen and oxygen atoms in total. The summed E-state index contributed by atoms with van der Waals surface area (Å²) in [7, 11) is 0. The number of hydrogen-bond acceptors (Lipinski definition) is 1. The van der Waals surface area contributed by atoms with Crippen molar-refractivity contribution < 1.29 is 8.78 Å². The smallest absolute Gasteiger partial charge is 0.256 e. The average molecular weight is 233 g/mol. The van der Waals surface area contributed by atoms with Crippen LogP contribution < -0.4 is 4.90 Å². The van der Waals surface area contributed by atoms with Gasteiger partial charge in [-0.05, 0) is 24.3 Å². The van der Waals surface area contributed by atoms with Crippen molar-refractivity contribution in [3.05, 3.63) is 60.7 Å². The van der Waals surface area contributed by atoms with E-state index < -0.39 is 6.43 Å². The van der Waals surface area contributed by atoms with Crippen LogP contribution in [-0.4, -0.2) is 13.0 Å². The molecule has 0 aromatic heterocycles. The molecule has 0 unspecified atom stereocenters. The summed E-state index contributed by atoms with van der Waals surface area (Å²) in [5, 5.41) is 0. The van der Waals surface area contributed by atoms with E-state index in [4.69, 9.17) is 0 Å². The molecular formula is C14H13F2N. The van der Waals surface area contributed by atoms with Crippen LogP contribution in [0, 0.1) is 0 Å². The minimum Gasteiger partial charge on any atom is -0.336 e. The topological polar surface area (TPSA) is 3.24 Å². The second kappa shape index (κ2) is 5.43. The highest BCUT2D eigenvalue weighted by Crippen LogP contribution is 2.25. The predicted molar refractivity (Wildman–Crippen MR) is 65.9 cm³/mol. The van der Waals surface area contributed by atoms with Gasteiger partial charge in [-0.2, -0.15) is 0 Å². The van der Waals surface area contributed by atoms with Gasteiger partial charge in [-0.3, -0.25) is 0 Å². The molecule has 0 bridgehead atoms. The van der Waals surface area contributed by atoms with Crippen LogP contribution in [-0.2, 0) is 0 Å². The lowest BCUT2D eigenvalue weighted by atomic mass is 10.2. The minimum atomic E-state index is -2.37. The first-order valence-corrected chi connectivity index (χ1v) is 5.43. The van der Waals surface area contributed by atoms with Gasteiger partial charge in [-0.1, -0.05) is 36.4 Å². The van der Waals surface area contributed by atoms with Gasteiger partial charge in [0, 0.05) is 11.4 Å². The number of hydrogen-bond donors (Lipinski definition) is 0. The Morgan fingerprint density at radius 1 is 0.765 bits per heavy atom. The molecule has 2 rings (SSSR count). The van der Waals surface area contributed by atoms with E-state index in [2.05, 4.69) is 0 Å². The molecule has 0 atom stereocenters. The molecule has 2 aromatic rings. The van der Waals surface area contributed by atoms with Crippen LogP contribution in [0.25, 0.3) is 0 Å². The molecule has 0 N–H and O–H groups in total. The highest BCUT2D eigenvalue weighted by Gasteiger charge is 2.14. The molecule has 0 saturated carbocycles. The third-order valence-electron chi connectivity index (χ3n) is 2.46. The van der Waals surface area contributed by atoms with Crippen LogP contribution in [0.1, 0.15) is 0 Å². The summed E-state index contributed by atoms with van der Waals surface area (Å²) >= 11 is 0. The van der Waals surface area contributed by atoms with Crippen LogP contribution in [0.5, 0.6) is 0 Å². The van der Waals surface area contributed by atoms with Gasteiger partial charge >= 0.3 is 0 Å². The van der Waals surface area contributed by atoms with E-state index in [1.54, 1.807) is 4.90 Å². The van der Waals surface area contributed by atoms with E-state index in [1.165, 1.54) is 0 Å². The monoisotopic (exact) mass is 233 g/mol. The molecule has 0 aliphatic rings. The SMILES string of the molecule is FC(F)CN(c1ccccc1)c1ccccc1. The maximum absolute atomic E-state index is 12.6. The molecule has 3 heteroatoms. The molecule has 0 heterocycles. The van der Waals surface area contributed by atoms with Crippen molar-refractivity contribution in [1.82, 2.24) is 0 Å². The summed E-state index contributed by atoms with van der Waals surface area (Å²) < 4.78 is 25.2. The van der Waals surface area contributed by atoms with E-state index >= 15 is 0 Å². The molecule has 88 valence electrons. The second-order valence-electron chi connectivity index (χ2n) is 3.67. The van der Waals surface area contributed by atoms with Crippen molar-refractivity contribution in [3.8, 4) is 0 Å². The van der Waals surface area contributed by atoms with Crippen molar-refractivity contribution in [2.24, 2.45) is 0 Å². The summed E-state index contributed by atoms with van der Waals surface area (Å²) in [4.78, 5) is 1.62. The first-order chi connectivity index (χ1) is 8.27. The standard InChI is InChI=1S/C14H13F2N/c15-14(16)11-17(12-7-3-1-4-8-12)13-9-5-2-6-10-13/h1-10,14H,11H2. The number of rotatable bonds is 4. The average Bonchev–Trinajstić information content (AvgIpc) is 2.38. The van der Waals surface area contributed by atoms with Gasteiger partial charge in [0.25, 0.3) is 6.43 Å². The molecule has 0 aliphatic carbocycles. The summed E-state index contributed by atoms with van der Waals surface area (Å²) in [6.07, 6.45) is -2.37. The number of nitrogens with zero attached hydrogens (tertiary/aromatic N) is 1. The quantitative estimate of drug-likeness (QED) is 0.768. The largest absolute Gasteiger partial charge is 0.336 e. The van der Waals surface area contributed by atoms with Gasteiger partial charge in [0.2, 0.25) is 0 Å². The van der Waals surface area contributed by atoms with Gasteiger partial charge in [-0.25, -0.2) is 8.78 Å². The van der Waals surface area contributed by atoms with Crippen LogP contribution in [0.2, 0.25) is 0 Å². The van der Waals surface area contributed by atoms with E-state index in [9.17, 15) is 8.78 Å². The fourth-order valence-corrected chi connectivity index (χ4v) is 1.71. The highest BCUT2D eigenvalue weighted by molar-refractivity contribution is 5.62. The van der Waals surface area contributed by atoms with Gasteiger partial charge in [0.05, 0.1) is 6.54 Å². The Labute approximate surface area is 99.3 Å². The number of alkyl halides is 2. The molecule has 0 radical (unpaired) electrons. The Balaban J connectivity index is 2.32. The van der Waals surface area contributed by atoms with Crippen LogP contribution >= 0.6 is 0 Å². The normalized spacial score (nSPS) is 10.5. The molecule has 0 fully saturated rings. The van der Waals surface area contributed by atoms with E-state index in [-0.39, 0.29) is 6.54 Å². The number of benzene rings is 2. The van der Waals surface area contributed by atoms with Gasteiger partial charge in [0.15, 0.2) is 0 Å². The van der Waals surface area contributed by atoms with Crippen LogP contribution in [0.4, 0.5) is 20.2 Å². The minimum absolute atomic E-state index is 0.298. The van der Waals surface area contributed by atoms with Crippen LogP contribution in [0.3, 0.4) is 0 Å². The Hall–Kier alpha value is -1.90. The molecule has 0 aliphatic heterocycles. The van der Waals surface area contributed by atoms with Gasteiger partial charge < -0.3 is 4.90 Å².